The van der Waals surface area contributed by atoms with E-state index in [0.717, 1.165) is 24.8 Å². The molecule has 0 bridgehead atoms. The molecule has 50 heavy (non-hydrogen) atoms. The molecule has 2 aromatic heterocycles. The molecule has 4 aromatic rings. The van der Waals surface area contributed by atoms with Gasteiger partial charge in [-0.1, -0.05) is 0 Å². The van der Waals surface area contributed by atoms with Crippen LogP contribution in [0.5, 0.6) is 0 Å². The zero-order valence-electron chi connectivity index (χ0n) is 24.4. The number of nitrogens with zero attached hydrogens (tertiary/aromatic N) is 6. The summed E-state index contributed by atoms with van der Waals surface area (Å²) in [5.74, 6) is -7.01. The van der Waals surface area contributed by atoms with Crippen molar-refractivity contribution in [3.63, 3.8) is 0 Å². The van der Waals surface area contributed by atoms with Gasteiger partial charge in [0.1, 0.15) is 35.4 Å². The molecule has 0 fully saturated rings. The van der Waals surface area contributed by atoms with Gasteiger partial charge in [-0.05, 0) is 47.5 Å². The number of nitriles is 2. The lowest BCUT2D eigenvalue weighted by atomic mass is 9.85. The maximum atomic E-state index is 15.5. The quantitative estimate of drug-likeness (QED) is 0.157. The average molecular weight is 694 g/mol. The molecule has 2 aromatic carbocycles. The molecule has 6 nitrogen and oxygen atoms in total. The van der Waals surface area contributed by atoms with E-state index in [2.05, 4.69) is 19.9 Å². The molecule has 6 rings (SSSR count). The van der Waals surface area contributed by atoms with E-state index in [1.165, 1.54) is 24.3 Å². The third kappa shape index (κ3) is 5.70. The molecule has 0 atom stereocenters. The molecule has 0 saturated carbocycles. The molecule has 0 unspecified atom stereocenters. The van der Waals surface area contributed by atoms with Gasteiger partial charge in [-0.25, -0.2) is 37.5 Å². The molecule has 2 heterocycles. The first-order valence-corrected chi connectivity index (χ1v) is 13.8. The van der Waals surface area contributed by atoms with E-state index in [0.29, 0.717) is 36.4 Å². The fourth-order valence-corrected chi connectivity index (χ4v) is 5.80. The van der Waals surface area contributed by atoms with Gasteiger partial charge in [0.2, 0.25) is 0 Å². The van der Waals surface area contributed by atoms with E-state index in [9.17, 15) is 28.1 Å². The Morgan fingerprint density at radius 3 is 1.04 bits per heavy atom. The summed E-state index contributed by atoms with van der Waals surface area (Å²) in [6.45, 7) is 0. The Labute approximate surface area is 274 Å². The largest absolute Gasteiger partial charge is 0.417 e. The molecular formula is C34H12F10N6. The Morgan fingerprint density at radius 1 is 0.480 bits per heavy atom. The van der Waals surface area contributed by atoms with Crippen molar-refractivity contribution in [1.29, 1.82) is 10.5 Å². The van der Waals surface area contributed by atoms with Crippen LogP contribution in [0.2, 0.25) is 0 Å². The van der Waals surface area contributed by atoms with Crippen LogP contribution in [0.3, 0.4) is 0 Å². The summed E-state index contributed by atoms with van der Waals surface area (Å²) in [6.07, 6.45) is -7.45. The number of benzene rings is 2. The van der Waals surface area contributed by atoms with Gasteiger partial charge in [0.25, 0.3) is 0 Å². The topological polar surface area (TPSA) is 99.1 Å². The van der Waals surface area contributed by atoms with Gasteiger partial charge in [0.15, 0.2) is 11.6 Å². The van der Waals surface area contributed by atoms with Crippen LogP contribution in [0.15, 0.2) is 107 Å². The molecule has 0 amide bonds. The van der Waals surface area contributed by atoms with E-state index in [-0.39, 0.29) is 0 Å². The number of allylic oxidation sites excluding steroid dienone is 10. The standard InChI is InChI=1S/C34H12F10N6/c35-17-7-15(8-18(36)11-17)21(13-45)23-25-26(29(33(39,40)41)27(23)31-47-3-1-4-48-31)24(22(14-46)16-9-19(37)12-20(38)10-16)28(30(25)34(42,43)44)32-49-5-2-6-50-32/h1-12H/b23-21+,24-22+. The zero-order valence-corrected chi connectivity index (χ0v) is 24.4. The number of halogens is 10. The molecular weight excluding hydrogens is 682 g/mol. The molecule has 16 heteroatoms. The third-order valence-corrected chi connectivity index (χ3v) is 7.42. The predicted octanol–water partition coefficient (Wildman–Crippen LogP) is 8.43. The van der Waals surface area contributed by atoms with Crippen molar-refractivity contribution in [2.24, 2.45) is 0 Å². The number of hydrogen-bond acceptors (Lipinski definition) is 6. The van der Waals surface area contributed by atoms with Gasteiger partial charge in [-0.3, -0.25) is 0 Å². The molecule has 0 aliphatic heterocycles. The maximum Gasteiger partial charge on any atom is 0.417 e. The SMILES string of the molecule is N#C/C(=C1C2=C(C(C(F)(F)F)=C/1c1ncccn1)/C(=C(/C#N)c1cc(F)cc(F)c1)C(c1ncccn1)=C2C(F)(F)F)c1cc(F)cc(F)c1. The van der Waals surface area contributed by atoms with E-state index in [1.807, 2.05) is 0 Å². The number of rotatable bonds is 4. The Kier molecular flexibility index (Phi) is 8.19. The average Bonchev–Trinajstić information content (AvgIpc) is 3.55. The number of alkyl halides is 6. The van der Waals surface area contributed by atoms with E-state index >= 15 is 26.3 Å². The minimum atomic E-state index is -5.63. The molecule has 0 radical (unpaired) electrons. The zero-order chi connectivity index (χ0) is 36.1. The second kappa shape index (κ2) is 12.2. The van der Waals surface area contributed by atoms with Crippen molar-refractivity contribution >= 4 is 22.3 Å². The highest BCUT2D eigenvalue weighted by atomic mass is 19.4. The summed E-state index contributed by atoms with van der Waals surface area (Å²) >= 11 is 0. The summed E-state index contributed by atoms with van der Waals surface area (Å²) in [5.41, 5.74) is -14.9. The van der Waals surface area contributed by atoms with Gasteiger partial charge in [-0.15, -0.1) is 0 Å². The molecule has 2 aliphatic rings. The van der Waals surface area contributed by atoms with Crippen LogP contribution in [0, 0.1) is 45.9 Å². The van der Waals surface area contributed by atoms with Crippen molar-refractivity contribution in [3.05, 3.63) is 153 Å². The van der Waals surface area contributed by atoms with Crippen molar-refractivity contribution in [2.75, 3.05) is 0 Å². The summed E-state index contributed by atoms with van der Waals surface area (Å²) in [6, 6.07) is 8.11. The summed E-state index contributed by atoms with van der Waals surface area (Å²) in [4.78, 5) is 15.2. The second-order valence-corrected chi connectivity index (χ2v) is 10.4. The monoisotopic (exact) mass is 694 g/mol. The van der Waals surface area contributed by atoms with Gasteiger partial charge >= 0.3 is 12.4 Å². The highest BCUT2D eigenvalue weighted by molar-refractivity contribution is 6.14. The lowest BCUT2D eigenvalue weighted by Crippen LogP contribution is -2.18. The first kappa shape index (κ1) is 33.5. The Hall–Kier alpha value is -6.42. The van der Waals surface area contributed by atoms with Crippen LogP contribution in [-0.2, 0) is 0 Å². The molecule has 2 aliphatic carbocycles. The predicted molar refractivity (Wildman–Crippen MR) is 155 cm³/mol. The minimum Gasteiger partial charge on any atom is -0.237 e. The molecule has 0 N–H and O–H groups in total. The third-order valence-electron chi connectivity index (χ3n) is 7.42. The number of aromatic nitrogens is 4. The first-order chi connectivity index (χ1) is 23.6. The fourth-order valence-electron chi connectivity index (χ4n) is 5.80. The van der Waals surface area contributed by atoms with Crippen LogP contribution in [-0.4, -0.2) is 32.3 Å². The van der Waals surface area contributed by atoms with Gasteiger partial charge < -0.3 is 0 Å². The summed E-state index contributed by atoms with van der Waals surface area (Å²) in [7, 11) is 0. The van der Waals surface area contributed by atoms with Gasteiger partial charge in [-0.2, -0.15) is 36.9 Å². The van der Waals surface area contributed by atoms with Crippen molar-refractivity contribution < 1.29 is 43.9 Å². The first-order valence-electron chi connectivity index (χ1n) is 13.8. The lowest BCUT2D eigenvalue weighted by molar-refractivity contribution is -0.0902. The Balaban J connectivity index is 1.95. The van der Waals surface area contributed by atoms with Crippen molar-refractivity contribution in [3.8, 4) is 12.1 Å². The summed E-state index contributed by atoms with van der Waals surface area (Å²) < 4.78 is 151. The molecule has 0 spiro atoms. The van der Waals surface area contributed by atoms with Crippen LogP contribution in [0.25, 0.3) is 22.3 Å². The lowest BCUT2D eigenvalue weighted by Gasteiger charge is -2.21. The van der Waals surface area contributed by atoms with E-state index in [1.54, 1.807) is 0 Å². The van der Waals surface area contributed by atoms with Crippen molar-refractivity contribution in [2.45, 2.75) is 12.4 Å². The van der Waals surface area contributed by atoms with Crippen molar-refractivity contribution in [1.82, 2.24) is 19.9 Å². The van der Waals surface area contributed by atoms with Crippen LogP contribution in [0.4, 0.5) is 43.9 Å². The number of hydrogen-bond donors (Lipinski definition) is 0. The molecule has 0 saturated heterocycles. The minimum absolute atomic E-state index is 0.361. The highest BCUT2D eigenvalue weighted by Gasteiger charge is 2.57. The van der Waals surface area contributed by atoms with E-state index < -0.39 is 114 Å². The Morgan fingerprint density at radius 2 is 0.780 bits per heavy atom. The molecule has 248 valence electrons. The maximum absolute atomic E-state index is 15.5. The van der Waals surface area contributed by atoms with E-state index in [4.69, 9.17) is 0 Å². The normalized spacial score (nSPS) is 16.8. The van der Waals surface area contributed by atoms with Gasteiger partial charge in [0, 0.05) is 70.4 Å². The Bertz CT molecular complexity index is 2130. The summed E-state index contributed by atoms with van der Waals surface area (Å²) in [5, 5.41) is 20.7. The highest BCUT2D eigenvalue weighted by Crippen LogP contribution is 2.63. The fraction of sp³-hybridized carbons (Fsp3) is 0.0588. The van der Waals surface area contributed by atoms with Crippen LogP contribution < -0.4 is 0 Å². The van der Waals surface area contributed by atoms with Crippen LogP contribution in [0.1, 0.15) is 22.8 Å². The second-order valence-electron chi connectivity index (χ2n) is 10.4. The van der Waals surface area contributed by atoms with Gasteiger partial charge in [0.05, 0.1) is 22.3 Å². The van der Waals surface area contributed by atoms with Crippen LogP contribution >= 0.6 is 0 Å². The smallest absolute Gasteiger partial charge is 0.237 e.